The topological polar surface area (TPSA) is 34.4 Å². The van der Waals surface area contributed by atoms with Crippen molar-refractivity contribution in [3.63, 3.8) is 0 Å². The quantitative estimate of drug-likeness (QED) is 0.142. The Hall–Kier alpha value is -12.8. The van der Waals surface area contributed by atoms with Crippen LogP contribution in [0.25, 0.3) is 138 Å². The van der Waals surface area contributed by atoms with E-state index in [1.54, 1.807) is 16.7 Å². The third kappa shape index (κ3) is 10.7. The molecule has 0 amide bonds. The van der Waals surface area contributed by atoms with Crippen molar-refractivity contribution in [2.24, 2.45) is 0 Å². The number of aromatic nitrogens is 3. The Balaban J connectivity index is 0.944. The Bertz CT molecular complexity index is 7890. The maximum absolute atomic E-state index is 9.93. The standard InChI is InChI=1S/C106H88BN5O/c1-103(2,3)71-45-51-92-84(61-71)85-62-72(104(4,5)6)46-52-93(85)109(92)75-47-49-86-96(63-75)110(77-56-67(65-29-15-13-16-30-65)53-68(57-77)66-31-17-14-18-32-66)98-58-70(69-54-73(105(7,8)9)60-74(55-69)106(10,11)12)59-99-100(98)107(86)87-50-48-76(108-88-39-23-19-33-78(88)79-34-20-24-40-89(79)108)64-97(87)112(99)95-44-28-38-83-82-37-27-43-94(101(82)113-102(83)95)111-90-41-25-21-35-80(90)81-36-22-26-42-91(81)111/h13-64H,1-12H3/i19D,20D,21D,22D,23D,24D,25D,26D,33D,34D,35D,36D,39D,40D,41D,42D. The lowest BCUT2D eigenvalue weighted by atomic mass is 9.33. The Morgan fingerprint density at radius 1 is 0.257 bits per heavy atom. The van der Waals surface area contributed by atoms with E-state index in [0.29, 0.717) is 33.4 Å². The maximum atomic E-state index is 9.93. The molecule has 113 heavy (non-hydrogen) atoms. The van der Waals surface area contributed by atoms with Gasteiger partial charge in [-0.15, -0.1) is 0 Å². The molecule has 7 heteroatoms. The average molecular weight is 1470 g/mol. The zero-order chi connectivity index (χ0) is 90.8. The van der Waals surface area contributed by atoms with Gasteiger partial charge in [0, 0.05) is 82.9 Å². The van der Waals surface area contributed by atoms with Crippen molar-refractivity contribution >= 4 is 145 Å². The highest BCUT2D eigenvalue weighted by atomic mass is 16.3. The van der Waals surface area contributed by atoms with E-state index in [-0.39, 0.29) is 82.2 Å². The molecule has 19 aromatic rings. The molecule has 0 unspecified atom stereocenters. The van der Waals surface area contributed by atoms with Crippen LogP contribution in [-0.2, 0) is 21.7 Å². The Labute approximate surface area is 683 Å². The van der Waals surface area contributed by atoms with E-state index in [9.17, 15) is 13.7 Å². The first kappa shape index (κ1) is 53.1. The van der Waals surface area contributed by atoms with Gasteiger partial charge in [0.05, 0.1) is 66.4 Å². The minimum Gasteiger partial charge on any atom is -0.452 e. The number of rotatable bonds is 8. The van der Waals surface area contributed by atoms with Crippen LogP contribution in [-0.4, -0.2) is 20.4 Å². The van der Waals surface area contributed by atoms with E-state index in [4.69, 9.17) is 12.6 Å². The smallest absolute Gasteiger partial charge is 0.252 e. The molecule has 6 heterocycles. The number of nitrogens with zero attached hydrogens (tertiary/aromatic N) is 5. The third-order valence-corrected chi connectivity index (χ3v) is 23.5. The molecule has 0 fully saturated rings. The van der Waals surface area contributed by atoms with Gasteiger partial charge in [-0.25, -0.2) is 0 Å². The van der Waals surface area contributed by atoms with E-state index in [0.717, 1.165) is 105 Å². The van der Waals surface area contributed by atoms with Crippen LogP contribution >= 0.6 is 0 Å². The summed E-state index contributed by atoms with van der Waals surface area (Å²) in [6.45, 7) is 26.2. The second-order valence-electron chi connectivity index (χ2n) is 34.6. The molecule has 0 saturated carbocycles. The van der Waals surface area contributed by atoms with Crippen LogP contribution in [0.4, 0.5) is 34.1 Å². The number of benzene rings is 15. The van der Waals surface area contributed by atoms with Crippen LogP contribution in [0.2, 0.25) is 0 Å². The van der Waals surface area contributed by atoms with Crippen molar-refractivity contribution in [2.75, 3.05) is 9.80 Å². The van der Waals surface area contributed by atoms with Crippen molar-refractivity contribution in [1.82, 2.24) is 13.7 Å². The van der Waals surface area contributed by atoms with Crippen molar-refractivity contribution in [3.05, 3.63) is 337 Å². The molecule has 0 bridgehead atoms. The molecule has 0 saturated heterocycles. The molecule has 0 spiro atoms. The summed E-state index contributed by atoms with van der Waals surface area (Å²) >= 11 is 0. The van der Waals surface area contributed by atoms with Gasteiger partial charge in [-0.05, 0) is 209 Å². The zero-order valence-corrected chi connectivity index (χ0v) is 65.0. The van der Waals surface area contributed by atoms with Crippen LogP contribution in [0.5, 0.6) is 0 Å². The Morgan fingerprint density at radius 3 is 1.12 bits per heavy atom. The van der Waals surface area contributed by atoms with E-state index >= 15 is 0 Å². The normalized spacial score (nSPS) is 15.2. The summed E-state index contributed by atoms with van der Waals surface area (Å²) in [4.78, 5) is 4.62. The lowest BCUT2D eigenvalue weighted by Gasteiger charge is -2.45. The molecule has 4 aromatic heterocycles. The lowest BCUT2D eigenvalue weighted by molar-refractivity contribution is 0.569. The first-order chi connectivity index (χ1) is 61.2. The van der Waals surface area contributed by atoms with Gasteiger partial charge in [0.25, 0.3) is 6.71 Å². The van der Waals surface area contributed by atoms with E-state index in [1.807, 2.05) is 54.6 Å². The molecule has 0 radical (unpaired) electrons. The summed E-state index contributed by atoms with van der Waals surface area (Å²) < 4.78 is 164. The molecule has 2 aliphatic rings. The summed E-state index contributed by atoms with van der Waals surface area (Å²) in [5.74, 6) is 0. The monoisotopic (exact) mass is 1470 g/mol. The molecule has 546 valence electrons. The minimum absolute atomic E-state index is 0.0662. The highest BCUT2D eigenvalue weighted by Crippen LogP contribution is 2.53. The summed E-state index contributed by atoms with van der Waals surface area (Å²) in [5, 5.41) is 3.00. The first-order valence-corrected chi connectivity index (χ1v) is 38.8. The summed E-state index contributed by atoms with van der Waals surface area (Å²) in [7, 11) is 0. The van der Waals surface area contributed by atoms with E-state index in [2.05, 4.69) is 249 Å². The highest BCUT2D eigenvalue weighted by molar-refractivity contribution is 7.00. The molecule has 2 aliphatic heterocycles. The minimum atomic E-state index is -0.674. The summed E-state index contributed by atoms with van der Waals surface area (Å²) in [6, 6.07) is 68.5. The second-order valence-corrected chi connectivity index (χ2v) is 34.6. The van der Waals surface area contributed by atoms with Gasteiger partial charge in [-0.2, -0.15) is 0 Å². The fourth-order valence-corrected chi connectivity index (χ4v) is 17.7. The van der Waals surface area contributed by atoms with Crippen LogP contribution in [0, 0.1) is 0 Å². The van der Waals surface area contributed by atoms with Gasteiger partial charge in [0.2, 0.25) is 0 Å². The largest absolute Gasteiger partial charge is 0.452 e. The molecule has 0 aliphatic carbocycles. The van der Waals surface area contributed by atoms with E-state index < -0.39 is 103 Å². The molecule has 15 aromatic carbocycles. The molecule has 6 nitrogen and oxygen atoms in total. The molecule has 0 N–H and O–H groups in total. The van der Waals surface area contributed by atoms with Crippen molar-refractivity contribution in [1.29, 1.82) is 0 Å². The van der Waals surface area contributed by atoms with E-state index in [1.165, 1.54) is 15.7 Å². The Kier molecular flexibility index (Phi) is 11.7. The molecular weight excluding hydrogens is 1370 g/mol. The number of para-hydroxylation sites is 6. The van der Waals surface area contributed by atoms with Gasteiger partial charge in [-0.1, -0.05) is 283 Å². The molecule has 0 atom stereocenters. The first-order valence-electron chi connectivity index (χ1n) is 46.8. The van der Waals surface area contributed by atoms with Crippen molar-refractivity contribution in [3.8, 4) is 50.4 Å². The van der Waals surface area contributed by atoms with Crippen LogP contribution < -0.4 is 26.2 Å². The average Bonchev–Trinajstić information content (AvgIpc) is 1.39. The number of anilines is 6. The van der Waals surface area contributed by atoms with Crippen molar-refractivity contribution < 1.29 is 26.3 Å². The maximum Gasteiger partial charge on any atom is 0.252 e. The fraction of sp³-hybridized carbons (Fsp3) is 0.151. The summed E-state index contributed by atoms with van der Waals surface area (Å²) in [6.07, 6.45) is 0. The number of hydrogen-bond donors (Lipinski definition) is 0. The van der Waals surface area contributed by atoms with Gasteiger partial charge in [-0.3, -0.25) is 0 Å². The van der Waals surface area contributed by atoms with Crippen LogP contribution in [0.1, 0.15) is 127 Å². The fourth-order valence-electron chi connectivity index (χ4n) is 17.7. The third-order valence-electron chi connectivity index (χ3n) is 23.5. The van der Waals surface area contributed by atoms with Gasteiger partial charge >= 0.3 is 0 Å². The van der Waals surface area contributed by atoms with Gasteiger partial charge in [0.15, 0.2) is 11.2 Å². The number of furan rings is 1. The molecular formula is C106H88BN5O. The Morgan fingerprint density at radius 2 is 0.655 bits per heavy atom. The van der Waals surface area contributed by atoms with Gasteiger partial charge < -0.3 is 27.9 Å². The SMILES string of the molecule is [2H]c1c([2H])c([2H])c2c(c1[2H])c1c([2H])c([2H])c([2H])c([2H])c1n2-c1ccc2c(c1)N(c1cccc3c1oc1c(-n4c5c([2H])c([2H])c([2H])c([2H])c5c5c([2H])c([2H])c([2H])c([2H])c54)cccc13)c1cc(-c3cc(C(C)(C)C)cc(C(C)(C)C)c3)cc3c1B2c1ccc(-n2c4ccc(C(C)(C)C)cc4c4cc(C(C)(C)C)ccc42)cc1N3c1cc(-c2ccccc2)cc(-c2ccccc2)c1. The predicted octanol–water partition coefficient (Wildman–Crippen LogP) is 27.2. The molecule has 21 rings (SSSR count). The summed E-state index contributed by atoms with van der Waals surface area (Å²) in [5.41, 5.74) is 19.6. The van der Waals surface area contributed by atoms with Crippen molar-refractivity contribution in [2.45, 2.75) is 105 Å². The lowest BCUT2D eigenvalue weighted by Crippen LogP contribution is -2.61. The predicted molar refractivity (Wildman–Crippen MR) is 482 cm³/mol. The highest BCUT2D eigenvalue weighted by Gasteiger charge is 2.45. The number of hydrogen-bond acceptors (Lipinski definition) is 3. The van der Waals surface area contributed by atoms with Crippen LogP contribution in [0.3, 0.4) is 0 Å². The zero-order valence-electron chi connectivity index (χ0n) is 81.0. The van der Waals surface area contributed by atoms with Crippen LogP contribution in [0.15, 0.2) is 319 Å². The van der Waals surface area contributed by atoms with Gasteiger partial charge in [0.1, 0.15) is 0 Å². The number of fused-ring (bicyclic) bond motifs is 16. The second kappa shape index (κ2) is 24.8.